The van der Waals surface area contributed by atoms with E-state index in [2.05, 4.69) is 12.2 Å². The normalized spacial score (nSPS) is 11.2. The van der Waals surface area contributed by atoms with Gasteiger partial charge in [0.1, 0.15) is 0 Å². The molecule has 0 radical (unpaired) electrons. The Morgan fingerprint density at radius 3 is 2.28 bits per heavy atom. The Hall–Kier alpha value is -2.83. The van der Waals surface area contributed by atoms with Crippen LogP contribution in [0.5, 0.6) is 5.75 Å². The van der Waals surface area contributed by atoms with E-state index < -0.39 is 29.4 Å². The molecule has 0 heterocycles. The fourth-order valence-electron chi connectivity index (χ4n) is 2.81. The lowest BCUT2D eigenvalue weighted by molar-refractivity contribution is -0.142. The largest absolute Gasteiger partial charge is 0.425 e. The molecule has 0 atom stereocenters. The number of anilines is 1. The number of hydrogen-bond donors (Lipinski definition) is 1. The summed E-state index contributed by atoms with van der Waals surface area (Å²) in [5.74, 6) is -2.33. The molecule has 4 nitrogen and oxygen atoms in total. The quantitative estimate of drug-likeness (QED) is 0.305. The number of nitrogens with one attached hydrogen (secondary N) is 1. The summed E-state index contributed by atoms with van der Waals surface area (Å²) < 4.78 is 45.4. The van der Waals surface area contributed by atoms with Crippen molar-refractivity contribution in [2.45, 2.75) is 51.6 Å². The van der Waals surface area contributed by atoms with Gasteiger partial charge in [-0.1, -0.05) is 56.9 Å². The fraction of sp³-hybridized carbons (Fsp3) is 0.364. The maximum Gasteiger partial charge on any atom is 0.420 e. The van der Waals surface area contributed by atoms with Crippen LogP contribution in [0.3, 0.4) is 0 Å². The molecule has 0 aliphatic rings. The zero-order valence-corrected chi connectivity index (χ0v) is 16.2. The highest BCUT2D eigenvalue weighted by Crippen LogP contribution is 2.38. The van der Waals surface area contributed by atoms with Gasteiger partial charge in [0, 0.05) is 12.1 Å². The van der Waals surface area contributed by atoms with Crippen LogP contribution in [0.1, 0.15) is 61.4 Å². The molecular weight excluding hydrogens is 383 g/mol. The third kappa shape index (κ3) is 6.93. The number of benzene rings is 2. The highest BCUT2D eigenvalue weighted by Gasteiger charge is 2.37. The van der Waals surface area contributed by atoms with Crippen molar-refractivity contribution in [2.24, 2.45) is 0 Å². The average Bonchev–Trinajstić information content (AvgIpc) is 2.68. The predicted molar refractivity (Wildman–Crippen MR) is 105 cm³/mol. The first-order valence-corrected chi connectivity index (χ1v) is 9.60. The summed E-state index contributed by atoms with van der Waals surface area (Å²) in [7, 11) is 0. The molecule has 156 valence electrons. The molecule has 0 spiro atoms. The molecule has 2 aromatic carbocycles. The lowest BCUT2D eigenvalue weighted by atomic mass is 10.1. The first-order chi connectivity index (χ1) is 13.8. The molecule has 0 saturated heterocycles. The van der Waals surface area contributed by atoms with Crippen LogP contribution in [-0.2, 0) is 11.0 Å². The number of amides is 1. The minimum absolute atomic E-state index is 0.00432. The van der Waals surface area contributed by atoms with Crippen molar-refractivity contribution in [2.75, 3.05) is 5.32 Å². The van der Waals surface area contributed by atoms with Crippen molar-refractivity contribution in [3.63, 3.8) is 0 Å². The Bertz CT molecular complexity index is 820. The number of hydrogen-bond acceptors (Lipinski definition) is 3. The predicted octanol–water partition coefficient (Wildman–Crippen LogP) is 6.22. The Kier molecular flexibility index (Phi) is 8.24. The smallest absolute Gasteiger partial charge is 0.420 e. The van der Waals surface area contributed by atoms with Gasteiger partial charge >= 0.3 is 12.1 Å². The van der Waals surface area contributed by atoms with Crippen LogP contribution < -0.4 is 10.1 Å². The van der Waals surface area contributed by atoms with Gasteiger partial charge in [0.15, 0.2) is 5.75 Å². The number of ether oxygens (including phenoxy) is 1. The molecule has 0 saturated carbocycles. The molecule has 0 fully saturated rings. The molecule has 2 rings (SSSR count). The summed E-state index contributed by atoms with van der Waals surface area (Å²) in [6.45, 7) is 2.06. The Labute approximate surface area is 168 Å². The van der Waals surface area contributed by atoms with Crippen LogP contribution in [0.4, 0.5) is 18.9 Å². The monoisotopic (exact) mass is 407 g/mol. The molecule has 0 aromatic heterocycles. The van der Waals surface area contributed by atoms with E-state index >= 15 is 0 Å². The second kappa shape index (κ2) is 10.6. The molecule has 29 heavy (non-hydrogen) atoms. The third-order valence-corrected chi connectivity index (χ3v) is 4.30. The van der Waals surface area contributed by atoms with E-state index in [-0.39, 0.29) is 12.0 Å². The number of carbonyl (C=O) groups excluding carboxylic acids is 2. The van der Waals surface area contributed by atoms with Gasteiger partial charge in [-0.3, -0.25) is 9.59 Å². The number of rotatable bonds is 9. The van der Waals surface area contributed by atoms with Gasteiger partial charge in [-0.2, -0.15) is 13.2 Å². The molecule has 1 N–H and O–H groups in total. The second-order valence-corrected chi connectivity index (χ2v) is 6.64. The lowest BCUT2D eigenvalue weighted by Crippen LogP contribution is -2.19. The van der Waals surface area contributed by atoms with E-state index in [0.29, 0.717) is 12.1 Å². The molecule has 7 heteroatoms. The first-order valence-electron chi connectivity index (χ1n) is 9.60. The zero-order chi connectivity index (χ0) is 21.3. The second-order valence-electron chi connectivity index (χ2n) is 6.64. The summed E-state index contributed by atoms with van der Waals surface area (Å²) >= 11 is 0. The Morgan fingerprint density at radius 2 is 1.62 bits per heavy atom. The molecule has 0 bridgehead atoms. The number of alkyl halides is 3. The third-order valence-electron chi connectivity index (χ3n) is 4.30. The molecule has 0 aliphatic heterocycles. The van der Waals surface area contributed by atoms with Gasteiger partial charge in [-0.15, -0.1) is 0 Å². The van der Waals surface area contributed by atoms with Crippen LogP contribution in [-0.4, -0.2) is 11.9 Å². The van der Waals surface area contributed by atoms with Crippen molar-refractivity contribution in [3.8, 4) is 5.75 Å². The molecular formula is C22H24F3NO3. The first kappa shape index (κ1) is 22.5. The molecule has 0 aliphatic carbocycles. The summed E-state index contributed by atoms with van der Waals surface area (Å²) in [5.41, 5.74) is -1.08. The summed E-state index contributed by atoms with van der Waals surface area (Å²) in [5, 5.41) is 2.52. The standard InChI is InChI=1S/C22H24F3NO3/c1-2-3-4-5-9-15-19(27)29-20-17(13-10-14-18(20)22(23,24)25)21(28)26-16-11-7-6-8-12-16/h6-8,10-14H,2-5,9,15H2,1H3,(H,26,28). The topological polar surface area (TPSA) is 55.4 Å². The SMILES string of the molecule is CCCCCCCC(=O)Oc1c(C(=O)Nc2ccccc2)cccc1C(F)(F)F. The van der Waals surface area contributed by atoms with Gasteiger partial charge < -0.3 is 10.1 Å². The van der Waals surface area contributed by atoms with Gasteiger partial charge in [0.25, 0.3) is 5.91 Å². The number of carbonyl (C=O) groups is 2. The van der Waals surface area contributed by atoms with Crippen molar-refractivity contribution in [1.29, 1.82) is 0 Å². The lowest BCUT2D eigenvalue weighted by Gasteiger charge is -2.16. The van der Waals surface area contributed by atoms with E-state index in [4.69, 9.17) is 4.74 Å². The van der Waals surface area contributed by atoms with E-state index in [1.165, 1.54) is 6.07 Å². The van der Waals surface area contributed by atoms with Crippen molar-refractivity contribution < 1.29 is 27.5 Å². The Morgan fingerprint density at radius 1 is 0.931 bits per heavy atom. The van der Waals surface area contributed by atoms with Crippen LogP contribution >= 0.6 is 0 Å². The summed E-state index contributed by atoms with van der Waals surface area (Å²) in [4.78, 5) is 24.7. The zero-order valence-electron chi connectivity index (χ0n) is 16.2. The van der Waals surface area contributed by atoms with Crippen molar-refractivity contribution in [1.82, 2.24) is 0 Å². The summed E-state index contributed by atoms with van der Waals surface area (Å²) in [6, 6.07) is 11.4. The maximum absolute atomic E-state index is 13.4. The molecule has 0 unspecified atom stereocenters. The van der Waals surface area contributed by atoms with Gasteiger partial charge in [0.2, 0.25) is 0 Å². The van der Waals surface area contributed by atoms with Crippen LogP contribution in [0, 0.1) is 0 Å². The molecule has 1 amide bonds. The Balaban J connectivity index is 2.21. The number of esters is 1. The van der Waals surface area contributed by atoms with Gasteiger partial charge in [0.05, 0.1) is 11.1 Å². The summed E-state index contributed by atoms with van der Waals surface area (Å²) in [6.07, 6.45) is -0.411. The minimum Gasteiger partial charge on any atom is -0.425 e. The maximum atomic E-state index is 13.4. The van der Waals surface area contributed by atoms with E-state index in [1.807, 2.05) is 0 Å². The van der Waals surface area contributed by atoms with Crippen LogP contribution in [0.15, 0.2) is 48.5 Å². The van der Waals surface area contributed by atoms with Crippen LogP contribution in [0.25, 0.3) is 0 Å². The average molecular weight is 407 g/mol. The number of unbranched alkanes of at least 4 members (excludes halogenated alkanes) is 4. The van der Waals surface area contributed by atoms with E-state index in [0.717, 1.165) is 37.8 Å². The van der Waals surface area contributed by atoms with Crippen molar-refractivity contribution >= 4 is 17.6 Å². The van der Waals surface area contributed by atoms with E-state index in [1.54, 1.807) is 30.3 Å². The number of para-hydroxylation sites is 2. The molecule has 2 aromatic rings. The van der Waals surface area contributed by atoms with Crippen molar-refractivity contribution in [3.05, 3.63) is 59.7 Å². The highest BCUT2D eigenvalue weighted by atomic mass is 19.4. The number of halogens is 3. The van der Waals surface area contributed by atoms with Crippen LogP contribution in [0.2, 0.25) is 0 Å². The van der Waals surface area contributed by atoms with E-state index in [9.17, 15) is 22.8 Å². The van der Waals surface area contributed by atoms with Gasteiger partial charge in [-0.05, 0) is 30.7 Å². The highest BCUT2D eigenvalue weighted by molar-refractivity contribution is 6.06. The minimum atomic E-state index is -4.76. The fourth-order valence-corrected chi connectivity index (χ4v) is 2.81. The van der Waals surface area contributed by atoms with Gasteiger partial charge in [-0.25, -0.2) is 0 Å².